The number of alkyl halides is 3. The van der Waals surface area contributed by atoms with Gasteiger partial charge in [0, 0.05) is 0 Å². The Hall–Kier alpha value is -2.65. The highest BCUT2D eigenvalue weighted by Crippen LogP contribution is 2.29. The Labute approximate surface area is 104 Å². The molecule has 10 heteroatoms. The molecule has 0 atom stereocenters. The lowest BCUT2D eigenvalue weighted by atomic mass is 10.1. The SMILES string of the molecule is Nc1nnnn1N/N=C\c1cccc(C(F)(F)F)c1. The van der Waals surface area contributed by atoms with E-state index in [1.165, 1.54) is 18.3 Å². The molecule has 19 heavy (non-hydrogen) atoms. The van der Waals surface area contributed by atoms with Gasteiger partial charge >= 0.3 is 6.18 Å². The molecule has 0 amide bonds. The highest BCUT2D eigenvalue weighted by Gasteiger charge is 2.30. The minimum Gasteiger partial charge on any atom is -0.365 e. The third kappa shape index (κ3) is 3.18. The van der Waals surface area contributed by atoms with Crippen molar-refractivity contribution in [3.05, 3.63) is 35.4 Å². The number of nitrogen functional groups attached to an aromatic ring is 1. The van der Waals surface area contributed by atoms with Crippen LogP contribution in [0.5, 0.6) is 0 Å². The predicted octanol–water partition coefficient (Wildman–Crippen LogP) is 0.852. The minimum atomic E-state index is -4.39. The van der Waals surface area contributed by atoms with Crippen LogP contribution in [0.1, 0.15) is 11.1 Å². The topological polar surface area (TPSA) is 94.0 Å². The van der Waals surface area contributed by atoms with Crippen LogP contribution in [0.25, 0.3) is 0 Å². The van der Waals surface area contributed by atoms with Gasteiger partial charge in [0.2, 0.25) is 0 Å². The number of nitrogens with two attached hydrogens (primary N) is 1. The molecule has 0 aliphatic carbocycles. The van der Waals surface area contributed by atoms with E-state index in [1.54, 1.807) is 0 Å². The molecule has 0 saturated heterocycles. The molecule has 0 bridgehead atoms. The average molecular weight is 271 g/mol. The molecule has 0 spiro atoms. The van der Waals surface area contributed by atoms with E-state index in [0.29, 0.717) is 0 Å². The molecule has 1 aromatic heterocycles. The van der Waals surface area contributed by atoms with Crippen LogP contribution in [0, 0.1) is 0 Å². The third-order valence-electron chi connectivity index (χ3n) is 2.07. The lowest BCUT2D eigenvalue weighted by molar-refractivity contribution is -0.137. The van der Waals surface area contributed by atoms with Crippen molar-refractivity contribution >= 4 is 12.2 Å². The number of hydrazone groups is 1. The summed E-state index contributed by atoms with van der Waals surface area (Å²) in [6.07, 6.45) is -3.20. The van der Waals surface area contributed by atoms with Crippen molar-refractivity contribution in [1.29, 1.82) is 0 Å². The molecular weight excluding hydrogens is 263 g/mol. The monoisotopic (exact) mass is 271 g/mol. The van der Waals surface area contributed by atoms with E-state index in [9.17, 15) is 13.2 Å². The number of tetrazole rings is 1. The molecule has 0 saturated carbocycles. The maximum Gasteiger partial charge on any atom is 0.416 e. The second-order valence-electron chi connectivity index (χ2n) is 3.43. The molecular formula is C9H8F3N7. The molecule has 0 radical (unpaired) electrons. The Morgan fingerprint density at radius 3 is 2.79 bits per heavy atom. The first-order valence-corrected chi connectivity index (χ1v) is 4.97. The second kappa shape index (κ2) is 4.92. The van der Waals surface area contributed by atoms with E-state index in [1.807, 2.05) is 0 Å². The number of benzene rings is 1. The molecule has 7 nitrogen and oxygen atoms in total. The normalized spacial score (nSPS) is 11.9. The molecule has 0 aliphatic rings. The zero-order valence-electron chi connectivity index (χ0n) is 9.33. The highest BCUT2D eigenvalue weighted by atomic mass is 19.4. The molecule has 0 fully saturated rings. The van der Waals surface area contributed by atoms with Gasteiger partial charge in [0.15, 0.2) is 0 Å². The Morgan fingerprint density at radius 1 is 1.37 bits per heavy atom. The molecule has 0 aliphatic heterocycles. The van der Waals surface area contributed by atoms with Crippen LogP contribution in [0.4, 0.5) is 19.1 Å². The minimum absolute atomic E-state index is 0.0267. The van der Waals surface area contributed by atoms with Crippen molar-refractivity contribution in [2.45, 2.75) is 6.18 Å². The summed E-state index contributed by atoms with van der Waals surface area (Å²) in [4.78, 5) is 0.962. The van der Waals surface area contributed by atoms with E-state index in [4.69, 9.17) is 5.73 Å². The van der Waals surface area contributed by atoms with Gasteiger partial charge in [-0.25, -0.2) is 0 Å². The second-order valence-corrected chi connectivity index (χ2v) is 3.43. The molecule has 3 N–H and O–H groups in total. The number of anilines is 1. The summed E-state index contributed by atoms with van der Waals surface area (Å²) in [5.74, 6) is -0.0267. The van der Waals surface area contributed by atoms with Crippen LogP contribution < -0.4 is 11.3 Å². The van der Waals surface area contributed by atoms with Gasteiger partial charge in [0.25, 0.3) is 5.95 Å². The molecule has 100 valence electrons. The fourth-order valence-corrected chi connectivity index (χ4v) is 1.22. The van der Waals surface area contributed by atoms with Gasteiger partial charge in [-0.3, -0.25) is 0 Å². The van der Waals surface area contributed by atoms with Crippen LogP contribution in [-0.4, -0.2) is 26.5 Å². The van der Waals surface area contributed by atoms with Gasteiger partial charge in [0.05, 0.1) is 11.8 Å². The lowest BCUT2D eigenvalue weighted by Crippen LogP contribution is -2.13. The number of rotatable bonds is 3. The number of nitrogens with zero attached hydrogens (tertiary/aromatic N) is 5. The van der Waals surface area contributed by atoms with Crippen molar-refractivity contribution in [2.24, 2.45) is 5.10 Å². The third-order valence-corrected chi connectivity index (χ3v) is 2.07. The standard InChI is InChI=1S/C9H8F3N7/c10-9(11,12)7-3-1-2-6(4-7)5-14-17-19-8(13)15-16-18-19/h1-5,17H,(H2,13,15,18)/b14-5-. The quantitative estimate of drug-likeness (QED) is 0.637. The number of aromatic nitrogens is 4. The van der Waals surface area contributed by atoms with Gasteiger partial charge in [-0.05, 0) is 28.1 Å². The molecule has 1 aromatic carbocycles. The van der Waals surface area contributed by atoms with Crippen LogP contribution in [0.3, 0.4) is 0 Å². The first kappa shape index (κ1) is 12.8. The zero-order chi connectivity index (χ0) is 13.9. The van der Waals surface area contributed by atoms with E-state index < -0.39 is 11.7 Å². The number of hydrogen-bond acceptors (Lipinski definition) is 6. The maximum absolute atomic E-state index is 12.5. The summed E-state index contributed by atoms with van der Waals surface area (Å²) in [6.45, 7) is 0. The summed E-state index contributed by atoms with van der Waals surface area (Å²) in [5.41, 5.74) is 7.21. The van der Waals surface area contributed by atoms with Crippen LogP contribution in [0.15, 0.2) is 29.4 Å². The van der Waals surface area contributed by atoms with Crippen molar-refractivity contribution in [3.63, 3.8) is 0 Å². The number of hydrogen-bond donors (Lipinski definition) is 2. The van der Waals surface area contributed by atoms with Gasteiger partial charge in [-0.15, -0.1) is 4.79 Å². The summed E-state index contributed by atoms with van der Waals surface area (Å²) in [5, 5.41) is 13.7. The van der Waals surface area contributed by atoms with Gasteiger partial charge < -0.3 is 5.73 Å². The van der Waals surface area contributed by atoms with E-state index in [-0.39, 0.29) is 11.5 Å². The van der Waals surface area contributed by atoms with E-state index in [0.717, 1.165) is 16.9 Å². The summed E-state index contributed by atoms with van der Waals surface area (Å²) < 4.78 is 37.4. The largest absolute Gasteiger partial charge is 0.416 e. The highest BCUT2D eigenvalue weighted by molar-refractivity contribution is 5.80. The smallest absolute Gasteiger partial charge is 0.365 e. The van der Waals surface area contributed by atoms with E-state index >= 15 is 0 Å². The van der Waals surface area contributed by atoms with Crippen molar-refractivity contribution in [1.82, 2.24) is 20.3 Å². The Bertz CT molecular complexity index is 589. The molecule has 2 aromatic rings. The fourth-order valence-electron chi connectivity index (χ4n) is 1.22. The number of halogens is 3. The lowest BCUT2D eigenvalue weighted by Gasteiger charge is -2.06. The maximum atomic E-state index is 12.5. The van der Waals surface area contributed by atoms with E-state index in [2.05, 4.69) is 26.2 Å². The average Bonchev–Trinajstić information content (AvgIpc) is 2.75. The summed E-state index contributed by atoms with van der Waals surface area (Å²) in [7, 11) is 0. The van der Waals surface area contributed by atoms with Crippen molar-refractivity contribution in [3.8, 4) is 0 Å². The van der Waals surface area contributed by atoms with Gasteiger partial charge in [0.1, 0.15) is 0 Å². The van der Waals surface area contributed by atoms with Gasteiger partial charge in [-0.1, -0.05) is 17.2 Å². The zero-order valence-corrected chi connectivity index (χ0v) is 9.33. The molecule has 1 heterocycles. The predicted molar refractivity (Wildman–Crippen MR) is 60.6 cm³/mol. The Kier molecular flexibility index (Phi) is 3.31. The molecule has 2 rings (SSSR count). The summed E-state index contributed by atoms with van der Waals surface area (Å²) in [6, 6.07) is 4.71. The Morgan fingerprint density at radius 2 is 2.16 bits per heavy atom. The van der Waals surface area contributed by atoms with Crippen molar-refractivity contribution in [2.75, 3.05) is 11.3 Å². The fraction of sp³-hybridized carbons (Fsp3) is 0.111. The van der Waals surface area contributed by atoms with Crippen LogP contribution in [0.2, 0.25) is 0 Å². The first-order chi connectivity index (χ1) is 8.97. The van der Waals surface area contributed by atoms with Gasteiger partial charge in [-0.2, -0.15) is 23.8 Å². The number of nitrogens with one attached hydrogen (secondary N) is 1. The van der Waals surface area contributed by atoms with Crippen LogP contribution >= 0.6 is 0 Å². The van der Waals surface area contributed by atoms with Crippen LogP contribution in [-0.2, 0) is 6.18 Å². The molecule has 0 unspecified atom stereocenters. The summed E-state index contributed by atoms with van der Waals surface area (Å²) >= 11 is 0. The first-order valence-electron chi connectivity index (χ1n) is 4.97. The Balaban J connectivity index is 2.09. The van der Waals surface area contributed by atoms with Crippen molar-refractivity contribution < 1.29 is 13.2 Å².